The van der Waals surface area contributed by atoms with Crippen LogP contribution in [0.25, 0.3) is 0 Å². The molecule has 0 amide bonds. The number of rotatable bonds is 4. The van der Waals surface area contributed by atoms with E-state index in [1.807, 2.05) is 0 Å². The van der Waals surface area contributed by atoms with E-state index in [0.29, 0.717) is 11.1 Å². The van der Waals surface area contributed by atoms with Crippen LogP contribution in [-0.4, -0.2) is 10.2 Å². The molecule has 2 aliphatic carbocycles. The molecule has 0 saturated heterocycles. The maximum atomic E-state index is 15.5. The first kappa shape index (κ1) is 20.2. The average Bonchev–Trinajstić information content (AvgIpc) is 2.75. The van der Waals surface area contributed by atoms with Crippen molar-refractivity contribution in [2.75, 3.05) is 0 Å². The SMILES string of the molecule is Oc1ccc(C(F)(F)c2ccc(O)c(C3CCCCC3)c2)cc1C1CCCCC1. The van der Waals surface area contributed by atoms with E-state index in [0.717, 1.165) is 51.4 Å². The van der Waals surface area contributed by atoms with Gasteiger partial charge in [-0.05, 0) is 85.0 Å². The van der Waals surface area contributed by atoms with Crippen molar-refractivity contribution in [2.24, 2.45) is 0 Å². The lowest BCUT2D eigenvalue weighted by Gasteiger charge is -2.26. The summed E-state index contributed by atoms with van der Waals surface area (Å²) in [6.07, 6.45) is 10.4. The van der Waals surface area contributed by atoms with Gasteiger partial charge in [-0.1, -0.05) is 38.5 Å². The highest BCUT2D eigenvalue weighted by molar-refractivity contribution is 5.46. The van der Waals surface area contributed by atoms with E-state index in [1.54, 1.807) is 0 Å². The lowest BCUT2D eigenvalue weighted by atomic mass is 9.81. The van der Waals surface area contributed by atoms with E-state index in [-0.39, 0.29) is 34.5 Å². The predicted octanol–water partition coefficient (Wildman–Crippen LogP) is 7.33. The molecule has 0 bridgehead atoms. The van der Waals surface area contributed by atoms with E-state index >= 15 is 8.78 Å². The fraction of sp³-hybridized carbons (Fsp3) is 0.520. The van der Waals surface area contributed by atoms with Crippen molar-refractivity contribution in [3.63, 3.8) is 0 Å². The van der Waals surface area contributed by atoms with Crippen molar-refractivity contribution < 1.29 is 19.0 Å². The van der Waals surface area contributed by atoms with Crippen molar-refractivity contribution in [3.05, 3.63) is 58.7 Å². The van der Waals surface area contributed by atoms with Gasteiger partial charge in [-0.2, -0.15) is 8.78 Å². The van der Waals surface area contributed by atoms with Crippen LogP contribution in [0.3, 0.4) is 0 Å². The van der Waals surface area contributed by atoms with E-state index in [1.165, 1.54) is 49.2 Å². The molecule has 0 aliphatic heterocycles. The van der Waals surface area contributed by atoms with Gasteiger partial charge in [-0.3, -0.25) is 0 Å². The Morgan fingerprint density at radius 2 is 1.00 bits per heavy atom. The molecule has 2 aromatic rings. The van der Waals surface area contributed by atoms with Crippen molar-refractivity contribution in [1.29, 1.82) is 0 Å². The highest BCUT2D eigenvalue weighted by Crippen LogP contribution is 2.44. The van der Waals surface area contributed by atoms with Crippen molar-refractivity contribution in [2.45, 2.75) is 82.0 Å². The molecular formula is C25H30F2O2. The molecule has 2 nitrogen and oxygen atoms in total. The average molecular weight is 401 g/mol. The monoisotopic (exact) mass is 400 g/mol. The van der Waals surface area contributed by atoms with Crippen LogP contribution in [0.15, 0.2) is 36.4 Å². The molecule has 0 spiro atoms. The molecule has 2 N–H and O–H groups in total. The van der Waals surface area contributed by atoms with Crippen LogP contribution in [0.5, 0.6) is 11.5 Å². The summed E-state index contributed by atoms with van der Waals surface area (Å²) < 4.78 is 31.0. The first-order valence-corrected chi connectivity index (χ1v) is 11.0. The first-order valence-electron chi connectivity index (χ1n) is 11.0. The van der Waals surface area contributed by atoms with Gasteiger partial charge in [-0.15, -0.1) is 0 Å². The summed E-state index contributed by atoms with van der Waals surface area (Å²) in [5, 5.41) is 20.6. The standard InChI is InChI=1S/C25H30F2O2/c26-25(27,19-11-13-23(28)21(15-19)17-7-3-1-4-8-17)20-12-14-24(29)22(16-20)18-9-5-2-6-10-18/h11-18,28-29H,1-10H2. The van der Waals surface area contributed by atoms with Gasteiger partial charge in [0.15, 0.2) is 0 Å². The number of benzene rings is 2. The fourth-order valence-corrected chi connectivity index (χ4v) is 5.15. The molecule has 2 aromatic carbocycles. The summed E-state index contributed by atoms with van der Waals surface area (Å²) in [5.41, 5.74) is 1.12. The van der Waals surface area contributed by atoms with E-state index in [2.05, 4.69) is 0 Å². The zero-order chi connectivity index (χ0) is 20.4. The molecule has 0 aromatic heterocycles. The Morgan fingerprint density at radius 1 is 0.621 bits per heavy atom. The quantitative estimate of drug-likeness (QED) is 0.564. The smallest absolute Gasteiger partial charge is 0.298 e. The minimum Gasteiger partial charge on any atom is -0.508 e. The van der Waals surface area contributed by atoms with Crippen molar-refractivity contribution in [3.8, 4) is 11.5 Å². The van der Waals surface area contributed by atoms with Gasteiger partial charge in [0, 0.05) is 11.1 Å². The molecular weight excluding hydrogens is 370 g/mol. The molecule has 2 saturated carbocycles. The molecule has 0 atom stereocenters. The summed E-state index contributed by atoms with van der Waals surface area (Å²) in [4.78, 5) is 0. The number of alkyl halides is 2. The normalized spacial score (nSPS) is 19.4. The second-order valence-electron chi connectivity index (χ2n) is 8.79. The van der Waals surface area contributed by atoms with Gasteiger partial charge in [0.1, 0.15) is 11.5 Å². The summed E-state index contributed by atoms with van der Waals surface area (Å²) in [6, 6.07) is 8.48. The van der Waals surface area contributed by atoms with Crippen LogP contribution in [-0.2, 0) is 5.92 Å². The largest absolute Gasteiger partial charge is 0.508 e. The molecule has 156 valence electrons. The Bertz CT molecular complexity index is 780. The lowest BCUT2D eigenvalue weighted by Crippen LogP contribution is -2.17. The molecule has 2 aliphatic rings. The van der Waals surface area contributed by atoms with E-state index in [4.69, 9.17) is 0 Å². The van der Waals surface area contributed by atoms with E-state index < -0.39 is 5.92 Å². The number of hydrogen-bond donors (Lipinski definition) is 2. The Hall–Kier alpha value is -2.10. The minimum atomic E-state index is -3.17. The van der Waals surface area contributed by atoms with Crippen LogP contribution < -0.4 is 0 Å². The number of aromatic hydroxyl groups is 2. The van der Waals surface area contributed by atoms with Crippen molar-refractivity contribution >= 4 is 0 Å². The second kappa shape index (κ2) is 8.33. The van der Waals surface area contributed by atoms with E-state index in [9.17, 15) is 10.2 Å². The lowest BCUT2D eigenvalue weighted by molar-refractivity contribution is 0.0425. The Kier molecular flexibility index (Phi) is 5.80. The molecule has 0 unspecified atom stereocenters. The molecule has 2 fully saturated rings. The maximum absolute atomic E-state index is 15.5. The Labute approximate surface area is 171 Å². The zero-order valence-corrected chi connectivity index (χ0v) is 16.8. The summed E-state index contributed by atoms with van der Waals surface area (Å²) in [6.45, 7) is 0. The highest BCUT2D eigenvalue weighted by Gasteiger charge is 2.36. The van der Waals surface area contributed by atoms with Gasteiger partial charge in [0.05, 0.1) is 0 Å². The number of phenols is 2. The number of hydrogen-bond acceptors (Lipinski definition) is 2. The summed E-state index contributed by atoms with van der Waals surface area (Å²) in [7, 11) is 0. The summed E-state index contributed by atoms with van der Waals surface area (Å²) >= 11 is 0. The Balaban J connectivity index is 1.67. The maximum Gasteiger partial charge on any atom is 0.298 e. The van der Waals surface area contributed by atoms with Crippen LogP contribution in [0.4, 0.5) is 8.78 Å². The van der Waals surface area contributed by atoms with Crippen LogP contribution >= 0.6 is 0 Å². The predicted molar refractivity (Wildman–Crippen MR) is 111 cm³/mol. The highest BCUT2D eigenvalue weighted by atomic mass is 19.3. The third-order valence-electron chi connectivity index (χ3n) is 6.87. The fourth-order valence-electron chi connectivity index (χ4n) is 5.15. The molecule has 4 heteroatoms. The van der Waals surface area contributed by atoms with Gasteiger partial charge in [0.25, 0.3) is 5.92 Å². The summed E-state index contributed by atoms with van der Waals surface area (Å²) in [5.74, 6) is -2.64. The Morgan fingerprint density at radius 3 is 1.38 bits per heavy atom. The third-order valence-corrected chi connectivity index (χ3v) is 6.87. The zero-order valence-electron chi connectivity index (χ0n) is 16.8. The van der Waals surface area contributed by atoms with Gasteiger partial charge in [-0.25, -0.2) is 0 Å². The number of phenolic OH excluding ortho intramolecular Hbond substituents is 2. The van der Waals surface area contributed by atoms with Gasteiger partial charge in [0.2, 0.25) is 0 Å². The third kappa shape index (κ3) is 4.12. The van der Waals surface area contributed by atoms with Crippen LogP contribution in [0, 0.1) is 0 Å². The topological polar surface area (TPSA) is 40.5 Å². The second-order valence-corrected chi connectivity index (χ2v) is 8.79. The molecule has 4 rings (SSSR count). The van der Waals surface area contributed by atoms with Crippen LogP contribution in [0.1, 0.15) is 98.3 Å². The minimum absolute atomic E-state index is 0.0869. The van der Waals surface area contributed by atoms with Crippen LogP contribution in [0.2, 0.25) is 0 Å². The van der Waals surface area contributed by atoms with Crippen molar-refractivity contribution in [1.82, 2.24) is 0 Å². The molecule has 0 radical (unpaired) electrons. The van der Waals surface area contributed by atoms with Gasteiger partial charge >= 0.3 is 0 Å². The van der Waals surface area contributed by atoms with Gasteiger partial charge < -0.3 is 10.2 Å². The first-order chi connectivity index (χ1) is 14.0. The molecule has 29 heavy (non-hydrogen) atoms. The number of halogens is 2. The molecule has 0 heterocycles.